The van der Waals surface area contributed by atoms with E-state index in [0.717, 1.165) is 67.7 Å². The summed E-state index contributed by atoms with van der Waals surface area (Å²) in [6, 6.07) is 19.5. The van der Waals surface area contributed by atoms with Gasteiger partial charge in [-0.15, -0.1) is 0 Å². The van der Waals surface area contributed by atoms with Gasteiger partial charge in [-0.05, 0) is 67.5 Å². The highest BCUT2D eigenvalue weighted by molar-refractivity contribution is 5.86. The van der Waals surface area contributed by atoms with E-state index in [9.17, 15) is 5.26 Å². The Bertz CT molecular complexity index is 1370. The van der Waals surface area contributed by atoms with Gasteiger partial charge in [-0.2, -0.15) is 5.26 Å². The Labute approximate surface area is 188 Å². The number of hydrogen-bond donors (Lipinski definition) is 0. The topological polar surface area (TPSA) is 47.6 Å². The molecule has 5 heteroatoms. The van der Waals surface area contributed by atoms with Crippen molar-refractivity contribution >= 4 is 28.2 Å². The van der Waals surface area contributed by atoms with E-state index in [0.29, 0.717) is 0 Å². The second-order valence-corrected chi connectivity index (χ2v) is 8.99. The van der Waals surface area contributed by atoms with Gasteiger partial charge in [0.2, 0.25) is 0 Å². The first kappa shape index (κ1) is 19.2. The van der Waals surface area contributed by atoms with Crippen molar-refractivity contribution in [2.75, 3.05) is 36.0 Å². The number of aromatic nitrogens is 2. The van der Waals surface area contributed by atoms with E-state index in [4.69, 9.17) is 4.98 Å². The molecule has 5 nitrogen and oxygen atoms in total. The predicted octanol–water partition coefficient (Wildman–Crippen LogP) is 4.87. The van der Waals surface area contributed by atoms with Crippen molar-refractivity contribution < 1.29 is 0 Å². The van der Waals surface area contributed by atoms with Crippen molar-refractivity contribution in [2.45, 2.75) is 32.6 Å². The van der Waals surface area contributed by atoms with Gasteiger partial charge in [0, 0.05) is 31.9 Å². The highest BCUT2D eigenvalue weighted by Gasteiger charge is 2.29. The molecule has 0 saturated carbocycles. The van der Waals surface area contributed by atoms with Crippen molar-refractivity contribution in [2.24, 2.45) is 0 Å². The fourth-order valence-corrected chi connectivity index (χ4v) is 5.63. The molecular formula is C27H27N5. The zero-order valence-corrected chi connectivity index (χ0v) is 18.5. The smallest absolute Gasteiger partial charge is 0.157 e. The molecule has 0 bridgehead atoms. The van der Waals surface area contributed by atoms with Gasteiger partial charge in [-0.1, -0.05) is 30.3 Å². The minimum absolute atomic E-state index is 0.776. The average molecular weight is 422 g/mol. The number of rotatable bonds is 2. The molecule has 2 aromatic carbocycles. The van der Waals surface area contributed by atoms with Gasteiger partial charge in [-0.25, -0.2) is 4.98 Å². The van der Waals surface area contributed by atoms with Gasteiger partial charge < -0.3 is 9.80 Å². The van der Waals surface area contributed by atoms with E-state index in [1.807, 2.05) is 6.07 Å². The standard InChI is InChI=1S/C27H27N5/c1-19-8-2-6-12-24(19)30-14-16-31(17-15-30)27-21-10-4-3-9-20(21)22(18-28)26-29-23-11-5-7-13-25(23)32(26)27/h2,5-8,11-13H,3-4,9-10,14-17H2,1H3. The van der Waals surface area contributed by atoms with Crippen LogP contribution in [0, 0.1) is 18.3 Å². The van der Waals surface area contributed by atoms with E-state index >= 15 is 0 Å². The molecule has 4 aromatic rings. The Morgan fingerprint density at radius 1 is 0.844 bits per heavy atom. The maximum absolute atomic E-state index is 10.1. The molecule has 160 valence electrons. The first-order valence-electron chi connectivity index (χ1n) is 11.7. The van der Waals surface area contributed by atoms with Crippen molar-refractivity contribution in [1.29, 1.82) is 5.26 Å². The third kappa shape index (κ3) is 2.86. The summed E-state index contributed by atoms with van der Waals surface area (Å²) < 4.78 is 2.28. The van der Waals surface area contributed by atoms with E-state index in [1.54, 1.807) is 0 Å². The SMILES string of the molecule is Cc1ccccc1N1CCN(c2c3c(c(C#N)c4nc5ccccc5n24)CCCC3)CC1. The summed E-state index contributed by atoms with van der Waals surface area (Å²) in [5, 5.41) is 10.1. The molecule has 32 heavy (non-hydrogen) atoms. The highest BCUT2D eigenvalue weighted by Crippen LogP contribution is 2.38. The fraction of sp³-hybridized carbons (Fsp3) is 0.333. The Kier molecular flexibility index (Phi) is 4.53. The maximum atomic E-state index is 10.1. The molecule has 3 heterocycles. The molecule has 1 aliphatic carbocycles. The summed E-state index contributed by atoms with van der Waals surface area (Å²) >= 11 is 0. The number of pyridine rings is 1. The van der Waals surface area contributed by atoms with Crippen LogP contribution in [-0.2, 0) is 12.8 Å². The van der Waals surface area contributed by atoms with Crippen molar-refractivity contribution in [1.82, 2.24) is 9.38 Å². The largest absolute Gasteiger partial charge is 0.368 e. The van der Waals surface area contributed by atoms with Crippen LogP contribution in [0.3, 0.4) is 0 Å². The van der Waals surface area contributed by atoms with Crippen molar-refractivity contribution in [3.63, 3.8) is 0 Å². The first-order valence-corrected chi connectivity index (χ1v) is 11.7. The van der Waals surface area contributed by atoms with Crippen LogP contribution in [0.4, 0.5) is 11.5 Å². The highest BCUT2D eigenvalue weighted by atomic mass is 15.3. The van der Waals surface area contributed by atoms with Crippen LogP contribution in [0.2, 0.25) is 0 Å². The molecule has 1 fully saturated rings. The van der Waals surface area contributed by atoms with Crippen LogP contribution in [0.25, 0.3) is 16.7 Å². The number of nitrogens with zero attached hydrogens (tertiary/aromatic N) is 5. The molecule has 0 amide bonds. The number of hydrogen-bond acceptors (Lipinski definition) is 4. The minimum atomic E-state index is 0.776. The molecule has 1 aliphatic heterocycles. The Balaban J connectivity index is 1.49. The minimum Gasteiger partial charge on any atom is -0.368 e. The summed E-state index contributed by atoms with van der Waals surface area (Å²) in [5.41, 5.74) is 8.94. The third-order valence-electron chi connectivity index (χ3n) is 7.18. The van der Waals surface area contributed by atoms with E-state index < -0.39 is 0 Å². The molecule has 6 rings (SSSR count). The summed E-state index contributed by atoms with van der Waals surface area (Å²) in [6.07, 6.45) is 4.36. The number of imidazole rings is 1. The van der Waals surface area contributed by atoms with Gasteiger partial charge in [0.15, 0.2) is 5.65 Å². The Morgan fingerprint density at radius 3 is 2.31 bits per heavy atom. The van der Waals surface area contributed by atoms with E-state index in [-0.39, 0.29) is 0 Å². The van der Waals surface area contributed by atoms with Crippen LogP contribution in [0.5, 0.6) is 0 Å². The quantitative estimate of drug-likeness (QED) is 0.463. The van der Waals surface area contributed by atoms with Crippen molar-refractivity contribution in [3.05, 3.63) is 70.8 Å². The fourth-order valence-electron chi connectivity index (χ4n) is 5.63. The second kappa shape index (κ2) is 7.56. The summed E-state index contributed by atoms with van der Waals surface area (Å²) in [7, 11) is 0. The lowest BCUT2D eigenvalue weighted by Gasteiger charge is -2.39. The number of benzene rings is 2. The molecule has 0 spiro atoms. The molecule has 2 aromatic heterocycles. The molecule has 0 N–H and O–H groups in total. The van der Waals surface area contributed by atoms with Crippen LogP contribution in [0.15, 0.2) is 48.5 Å². The van der Waals surface area contributed by atoms with Gasteiger partial charge in [0.1, 0.15) is 11.9 Å². The zero-order chi connectivity index (χ0) is 21.7. The molecular weight excluding hydrogens is 394 g/mol. The predicted molar refractivity (Wildman–Crippen MR) is 130 cm³/mol. The van der Waals surface area contributed by atoms with Gasteiger partial charge >= 0.3 is 0 Å². The zero-order valence-electron chi connectivity index (χ0n) is 18.5. The Hall–Kier alpha value is -3.52. The molecule has 0 radical (unpaired) electrons. The van der Waals surface area contributed by atoms with E-state index in [1.165, 1.54) is 34.6 Å². The van der Waals surface area contributed by atoms with Gasteiger partial charge in [0.25, 0.3) is 0 Å². The van der Waals surface area contributed by atoms with Crippen LogP contribution in [0.1, 0.15) is 35.1 Å². The number of anilines is 2. The van der Waals surface area contributed by atoms with Crippen molar-refractivity contribution in [3.8, 4) is 6.07 Å². The molecule has 0 unspecified atom stereocenters. The second-order valence-electron chi connectivity index (χ2n) is 8.99. The molecule has 1 saturated heterocycles. The van der Waals surface area contributed by atoms with Gasteiger partial charge in [0.05, 0.1) is 16.6 Å². The van der Waals surface area contributed by atoms with Crippen LogP contribution in [-0.4, -0.2) is 35.6 Å². The number of para-hydroxylation sites is 3. The number of aryl methyl sites for hydroxylation is 1. The molecule has 2 aliphatic rings. The monoisotopic (exact) mass is 421 g/mol. The lowest BCUT2D eigenvalue weighted by atomic mass is 9.88. The van der Waals surface area contributed by atoms with Crippen LogP contribution < -0.4 is 9.80 Å². The number of nitriles is 1. The lowest BCUT2D eigenvalue weighted by Crippen LogP contribution is -2.47. The number of piperazine rings is 1. The van der Waals surface area contributed by atoms with Crippen LogP contribution >= 0.6 is 0 Å². The summed E-state index contributed by atoms with van der Waals surface area (Å²) in [6.45, 7) is 6.12. The average Bonchev–Trinajstić information content (AvgIpc) is 3.22. The normalized spacial score (nSPS) is 16.4. The third-order valence-corrected chi connectivity index (χ3v) is 7.18. The van der Waals surface area contributed by atoms with E-state index in [2.05, 4.69) is 69.7 Å². The number of fused-ring (bicyclic) bond motifs is 4. The lowest BCUT2D eigenvalue weighted by molar-refractivity contribution is 0.628. The summed E-state index contributed by atoms with van der Waals surface area (Å²) in [4.78, 5) is 9.98. The first-order chi connectivity index (χ1) is 15.8. The van der Waals surface area contributed by atoms with Gasteiger partial charge in [-0.3, -0.25) is 4.40 Å². The maximum Gasteiger partial charge on any atom is 0.157 e. The Morgan fingerprint density at radius 2 is 1.53 bits per heavy atom. The summed E-state index contributed by atoms with van der Waals surface area (Å²) in [5.74, 6) is 1.27. The molecule has 0 atom stereocenters.